The summed E-state index contributed by atoms with van der Waals surface area (Å²) in [5, 5.41) is 5.97. The molecule has 0 radical (unpaired) electrons. The van der Waals surface area contributed by atoms with Gasteiger partial charge in [0.25, 0.3) is 5.91 Å². The average molecular weight is 482 g/mol. The molecule has 8 heteroatoms. The van der Waals surface area contributed by atoms with E-state index < -0.39 is 11.9 Å². The van der Waals surface area contributed by atoms with E-state index in [9.17, 15) is 14.0 Å². The SMILES string of the molecule is COCCN(CC(=O)N1N=C(c2cccc(OC)c2)C[C@@H]1c1ccccc1F)C(=O)C1CCCC1. The van der Waals surface area contributed by atoms with Crippen molar-refractivity contribution < 1.29 is 23.5 Å². The van der Waals surface area contributed by atoms with Crippen molar-refractivity contribution in [1.29, 1.82) is 0 Å². The minimum Gasteiger partial charge on any atom is -0.497 e. The van der Waals surface area contributed by atoms with Crippen molar-refractivity contribution in [3.05, 3.63) is 65.5 Å². The van der Waals surface area contributed by atoms with Crippen molar-refractivity contribution in [2.24, 2.45) is 11.0 Å². The third kappa shape index (κ3) is 5.70. The maximum Gasteiger partial charge on any atom is 0.262 e. The lowest BCUT2D eigenvalue weighted by Crippen LogP contribution is -2.44. The Labute approximate surface area is 205 Å². The summed E-state index contributed by atoms with van der Waals surface area (Å²) >= 11 is 0. The van der Waals surface area contributed by atoms with Crippen LogP contribution in [0.3, 0.4) is 0 Å². The lowest BCUT2D eigenvalue weighted by molar-refractivity contribution is -0.144. The fourth-order valence-electron chi connectivity index (χ4n) is 4.84. The highest BCUT2D eigenvalue weighted by Crippen LogP contribution is 2.35. The summed E-state index contributed by atoms with van der Waals surface area (Å²) in [6.45, 7) is 0.529. The van der Waals surface area contributed by atoms with Crippen molar-refractivity contribution in [1.82, 2.24) is 9.91 Å². The number of hydrogen-bond acceptors (Lipinski definition) is 5. The van der Waals surface area contributed by atoms with Gasteiger partial charge >= 0.3 is 0 Å². The number of rotatable bonds is 9. The largest absolute Gasteiger partial charge is 0.497 e. The quantitative estimate of drug-likeness (QED) is 0.539. The number of benzene rings is 2. The van der Waals surface area contributed by atoms with Crippen LogP contribution in [-0.4, -0.2) is 61.4 Å². The second kappa shape index (κ2) is 11.4. The van der Waals surface area contributed by atoms with Crippen LogP contribution in [0.4, 0.5) is 4.39 Å². The van der Waals surface area contributed by atoms with E-state index in [1.807, 2.05) is 24.3 Å². The average Bonchev–Trinajstić information content (AvgIpc) is 3.57. The Morgan fingerprint density at radius 2 is 1.89 bits per heavy atom. The van der Waals surface area contributed by atoms with E-state index in [1.54, 1.807) is 37.3 Å². The lowest BCUT2D eigenvalue weighted by atomic mass is 9.98. The van der Waals surface area contributed by atoms with E-state index in [1.165, 1.54) is 11.1 Å². The fraction of sp³-hybridized carbons (Fsp3) is 0.444. The minimum atomic E-state index is -0.601. The Hall–Kier alpha value is -3.26. The van der Waals surface area contributed by atoms with Gasteiger partial charge < -0.3 is 14.4 Å². The van der Waals surface area contributed by atoms with Gasteiger partial charge in [-0.3, -0.25) is 9.59 Å². The monoisotopic (exact) mass is 481 g/mol. The van der Waals surface area contributed by atoms with Crippen LogP contribution in [0.25, 0.3) is 0 Å². The molecule has 1 saturated carbocycles. The van der Waals surface area contributed by atoms with Crippen LogP contribution in [0.5, 0.6) is 5.75 Å². The van der Waals surface area contributed by atoms with E-state index in [-0.39, 0.29) is 24.3 Å². The molecule has 1 aliphatic carbocycles. The summed E-state index contributed by atoms with van der Waals surface area (Å²) in [6, 6.07) is 13.3. The van der Waals surface area contributed by atoms with Crippen molar-refractivity contribution in [2.45, 2.75) is 38.1 Å². The molecular weight excluding hydrogens is 449 g/mol. The van der Waals surface area contributed by atoms with Gasteiger partial charge in [0.1, 0.15) is 18.1 Å². The predicted octanol–water partition coefficient (Wildman–Crippen LogP) is 4.18. The number of nitrogens with zero attached hydrogens (tertiary/aromatic N) is 3. The number of ether oxygens (including phenoxy) is 2. The van der Waals surface area contributed by atoms with Crippen molar-refractivity contribution in [3.63, 3.8) is 0 Å². The Morgan fingerprint density at radius 3 is 2.60 bits per heavy atom. The van der Waals surface area contributed by atoms with Crippen LogP contribution in [0.15, 0.2) is 53.6 Å². The van der Waals surface area contributed by atoms with Gasteiger partial charge in [-0.2, -0.15) is 5.10 Å². The second-order valence-electron chi connectivity index (χ2n) is 8.99. The van der Waals surface area contributed by atoms with Gasteiger partial charge in [0, 0.05) is 37.1 Å². The Balaban J connectivity index is 1.62. The summed E-state index contributed by atoms with van der Waals surface area (Å²) in [4.78, 5) is 28.3. The van der Waals surface area contributed by atoms with Crippen LogP contribution in [-0.2, 0) is 14.3 Å². The highest BCUT2D eigenvalue weighted by Gasteiger charge is 2.36. The Bertz CT molecular complexity index is 1080. The topological polar surface area (TPSA) is 71.4 Å². The lowest BCUT2D eigenvalue weighted by Gasteiger charge is -2.28. The van der Waals surface area contributed by atoms with Crippen LogP contribution >= 0.6 is 0 Å². The molecule has 0 saturated heterocycles. The maximum absolute atomic E-state index is 14.8. The third-order valence-electron chi connectivity index (χ3n) is 6.74. The van der Waals surface area contributed by atoms with Gasteiger partial charge in [-0.25, -0.2) is 9.40 Å². The molecule has 1 atom stereocenters. The molecule has 35 heavy (non-hydrogen) atoms. The molecule has 0 bridgehead atoms. The number of hydrazone groups is 1. The maximum atomic E-state index is 14.8. The van der Waals surface area contributed by atoms with Gasteiger partial charge in [0.2, 0.25) is 5.91 Å². The third-order valence-corrected chi connectivity index (χ3v) is 6.74. The molecule has 2 aromatic carbocycles. The van der Waals surface area contributed by atoms with Crippen LogP contribution < -0.4 is 4.74 Å². The standard InChI is InChI=1S/C27H32FN3O4/c1-34-15-14-30(27(33)19-8-3-4-9-19)18-26(32)31-25(22-12-5-6-13-23(22)28)17-24(29-31)20-10-7-11-21(16-20)35-2/h5-7,10-13,16,19,25H,3-4,8-9,14-15,17-18H2,1-2H3/t25-/m1/s1. The number of methoxy groups -OCH3 is 2. The van der Waals surface area contributed by atoms with Gasteiger partial charge in [-0.15, -0.1) is 0 Å². The molecule has 186 valence electrons. The summed E-state index contributed by atoms with van der Waals surface area (Å²) in [5.41, 5.74) is 1.86. The first kappa shape index (κ1) is 24.9. The zero-order valence-corrected chi connectivity index (χ0v) is 20.3. The molecule has 1 aliphatic heterocycles. The molecule has 1 fully saturated rings. The van der Waals surface area contributed by atoms with Gasteiger partial charge in [0.05, 0.1) is 25.5 Å². The van der Waals surface area contributed by atoms with Crippen molar-refractivity contribution >= 4 is 17.5 Å². The van der Waals surface area contributed by atoms with E-state index in [0.717, 1.165) is 31.2 Å². The zero-order valence-electron chi connectivity index (χ0n) is 20.3. The molecule has 4 rings (SSSR count). The molecule has 2 aliphatic rings. The first-order valence-corrected chi connectivity index (χ1v) is 12.1. The zero-order chi connectivity index (χ0) is 24.8. The Morgan fingerprint density at radius 1 is 1.11 bits per heavy atom. The van der Waals surface area contributed by atoms with Crippen LogP contribution in [0.1, 0.15) is 49.3 Å². The summed E-state index contributed by atoms with van der Waals surface area (Å²) in [5.74, 6) is -0.150. The summed E-state index contributed by atoms with van der Waals surface area (Å²) < 4.78 is 25.3. The normalized spacial score (nSPS) is 18.0. The molecule has 0 aromatic heterocycles. The smallest absolute Gasteiger partial charge is 0.262 e. The van der Waals surface area contributed by atoms with E-state index in [2.05, 4.69) is 5.10 Å². The number of carbonyl (C=O) groups is 2. The molecule has 2 amide bonds. The van der Waals surface area contributed by atoms with Crippen LogP contribution in [0.2, 0.25) is 0 Å². The predicted molar refractivity (Wildman–Crippen MR) is 131 cm³/mol. The Kier molecular flexibility index (Phi) is 8.13. The minimum absolute atomic E-state index is 0.0217. The summed E-state index contributed by atoms with van der Waals surface area (Å²) in [6.07, 6.45) is 4.09. The molecule has 0 unspecified atom stereocenters. The first-order chi connectivity index (χ1) is 17.0. The fourth-order valence-corrected chi connectivity index (χ4v) is 4.84. The molecule has 1 heterocycles. The van der Waals surface area contributed by atoms with E-state index in [0.29, 0.717) is 36.6 Å². The number of hydrogen-bond donors (Lipinski definition) is 0. The molecular formula is C27H32FN3O4. The first-order valence-electron chi connectivity index (χ1n) is 12.1. The highest BCUT2D eigenvalue weighted by atomic mass is 19.1. The molecule has 2 aromatic rings. The molecule has 0 N–H and O–H groups in total. The van der Waals surface area contributed by atoms with Crippen molar-refractivity contribution in [2.75, 3.05) is 33.9 Å². The van der Waals surface area contributed by atoms with Crippen LogP contribution in [0, 0.1) is 11.7 Å². The number of carbonyl (C=O) groups excluding carboxylic acids is 2. The van der Waals surface area contributed by atoms with E-state index in [4.69, 9.17) is 9.47 Å². The van der Waals surface area contributed by atoms with Gasteiger partial charge in [-0.05, 0) is 31.0 Å². The molecule has 7 nitrogen and oxygen atoms in total. The van der Waals surface area contributed by atoms with E-state index >= 15 is 0 Å². The van der Waals surface area contributed by atoms with Gasteiger partial charge in [-0.1, -0.05) is 43.2 Å². The molecule has 0 spiro atoms. The number of halogens is 1. The second-order valence-corrected chi connectivity index (χ2v) is 8.99. The van der Waals surface area contributed by atoms with Crippen molar-refractivity contribution in [3.8, 4) is 5.75 Å². The van der Waals surface area contributed by atoms with Gasteiger partial charge in [0.15, 0.2) is 0 Å². The number of amides is 2. The summed E-state index contributed by atoms with van der Waals surface area (Å²) in [7, 11) is 3.16. The highest BCUT2D eigenvalue weighted by molar-refractivity contribution is 6.03.